The van der Waals surface area contributed by atoms with Crippen molar-refractivity contribution >= 4 is 23.8 Å². The number of aromatic hydroxyl groups is 2. The van der Waals surface area contributed by atoms with Gasteiger partial charge in [-0.05, 0) is 72.8 Å². The predicted molar refractivity (Wildman–Crippen MR) is 124 cm³/mol. The molecule has 0 saturated carbocycles. The molecule has 4 nitrogen and oxygen atoms in total. The molecular formula is C26H20F2N2NiO2. The molecule has 2 N–H and O–H groups in total. The third kappa shape index (κ3) is 8.32. The van der Waals surface area contributed by atoms with Crippen LogP contribution in [0, 0.1) is 11.6 Å². The van der Waals surface area contributed by atoms with Crippen LogP contribution in [0.4, 0.5) is 20.2 Å². The summed E-state index contributed by atoms with van der Waals surface area (Å²) in [5.41, 5.74) is 2.55. The second-order valence-corrected chi connectivity index (χ2v) is 6.59. The van der Waals surface area contributed by atoms with Crippen LogP contribution >= 0.6 is 0 Å². The number of phenolic OH excluding ortho intramolecular Hbond substituents is 2. The van der Waals surface area contributed by atoms with Crippen molar-refractivity contribution in [3.05, 3.63) is 120 Å². The smallest absolute Gasteiger partial charge is 0.124 e. The van der Waals surface area contributed by atoms with Gasteiger partial charge in [-0.25, -0.2) is 8.78 Å². The van der Waals surface area contributed by atoms with E-state index in [1.54, 1.807) is 73.1 Å². The standard InChI is InChI=1S/2C13H10FNO.Ni/c2*14-11-5-7-12(8-6-11)15-9-10-3-1-2-4-13(10)16;/h2*1-9,16H;. The average Bonchev–Trinajstić information content (AvgIpc) is 2.81. The Morgan fingerprint density at radius 1 is 0.515 bits per heavy atom. The van der Waals surface area contributed by atoms with E-state index in [0.717, 1.165) is 0 Å². The Labute approximate surface area is 200 Å². The van der Waals surface area contributed by atoms with Crippen molar-refractivity contribution in [3.63, 3.8) is 0 Å². The molecule has 4 aromatic carbocycles. The first-order chi connectivity index (χ1) is 15.5. The van der Waals surface area contributed by atoms with Crippen LogP contribution in [0.5, 0.6) is 11.5 Å². The molecule has 0 aliphatic carbocycles. The first-order valence-electron chi connectivity index (χ1n) is 9.66. The molecule has 0 unspecified atom stereocenters. The van der Waals surface area contributed by atoms with E-state index in [9.17, 15) is 19.0 Å². The summed E-state index contributed by atoms with van der Waals surface area (Å²) in [5.74, 6) is -0.232. The summed E-state index contributed by atoms with van der Waals surface area (Å²) in [6.07, 6.45) is 3.09. The second kappa shape index (κ2) is 12.9. The number of aliphatic imine (C=N–C) groups is 2. The van der Waals surface area contributed by atoms with Crippen molar-refractivity contribution in [1.29, 1.82) is 0 Å². The SMILES string of the molecule is Oc1ccccc1C=Nc1ccc(F)cc1.Oc1ccccc1C=Nc1ccc(F)cc1.[Ni]. The summed E-state index contributed by atoms with van der Waals surface area (Å²) in [5, 5.41) is 19.0. The van der Waals surface area contributed by atoms with Crippen LogP contribution in [0.15, 0.2) is 107 Å². The topological polar surface area (TPSA) is 65.2 Å². The summed E-state index contributed by atoms with van der Waals surface area (Å²) in [7, 11) is 0. The molecule has 0 aliphatic rings. The molecule has 33 heavy (non-hydrogen) atoms. The molecule has 4 rings (SSSR count). The third-order valence-electron chi connectivity index (χ3n) is 4.23. The first kappa shape index (κ1) is 25.4. The Morgan fingerprint density at radius 3 is 1.18 bits per heavy atom. The van der Waals surface area contributed by atoms with Gasteiger partial charge in [-0.2, -0.15) is 0 Å². The van der Waals surface area contributed by atoms with Crippen LogP contribution in [-0.2, 0) is 16.5 Å². The summed E-state index contributed by atoms with van der Waals surface area (Å²) in [6.45, 7) is 0. The first-order valence-corrected chi connectivity index (χ1v) is 9.66. The van der Waals surface area contributed by atoms with Gasteiger partial charge in [-0.15, -0.1) is 0 Å². The van der Waals surface area contributed by atoms with E-state index < -0.39 is 0 Å². The summed E-state index contributed by atoms with van der Waals surface area (Å²) in [6, 6.07) is 25.5. The number of hydrogen-bond acceptors (Lipinski definition) is 4. The molecule has 0 radical (unpaired) electrons. The van der Waals surface area contributed by atoms with Gasteiger partial charge in [0, 0.05) is 40.0 Å². The quantitative estimate of drug-likeness (QED) is 0.252. The van der Waals surface area contributed by atoms with E-state index in [2.05, 4.69) is 9.98 Å². The minimum absolute atomic E-state index is 0. The zero-order valence-electron chi connectivity index (χ0n) is 17.3. The molecule has 170 valence electrons. The molecule has 0 fully saturated rings. The maximum absolute atomic E-state index is 12.6. The van der Waals surface area contributed by atoms with Crippen LogP contribution in [0.25, 0.3) is 0 Å². The van der Waals surface area contributed by atoms with Crippen LogP contribution in [0.2, 0.25) is 0 Å². The molecule has 7 heteroatoms. The third-order valence-corrected chi connectivity index (χ3v) is 4.23. The molecule has 0 aromatic heterocycles. The Balaban J connectivity index is 0.000000227. The fourth-order valence-corrected chi connectivity index (χ4v) is 2.54. The van der Waals surface area contributed by atoms with Crippen LogP contribution in [0.1, 0.15) is 11.1 Å². The molecule has 0 amide bonds. The predicted octanol–water partition coefficient (Wildman–Crippen LogP) is 6.56. The number of benzene rings is 4. The fraction of sp³-hybridized carbons (Fsp3) is 0. The molecular weight excluding hydrogens is 469 g/mol. The largest absolute Gasteiger partial charge is 0.507 e. The molecule has 0 heterocycles. The van der Waals surface area contributed by atoms with Crippen molar-refractivity contribution in [2.24, 2.45) is 9.98 Å². The number of para-hydroxylation sites is 2. The van der Waals surface area contributed by atoms with Crippen LogP contribution in [-0.4, -0.2) is 22.6 Å². The number of rotatable bonds is 4. The summed E-state index contributed by atoms with van der Waals surface area (Å²) in [4.78, 5) is 8.25. The molecule has 0 bridgehead atoms. The van der Waals surface area contributed by atoms with Gasteiger partial charge in [-0.3, -0.25) is 9.98 Å². The van der Waals surface area contributed by atoms with Crippen molar-refractivity contribution in [2.45, 2.75) is 0 Å². The Kier molecular flexibility index (Phi) is 9.93. The minimum Gasteiger partial charge on any atom is -0.507 e. The van der Waals surface area contributed by atoms with E-state index in [1.165, 1.54) is 24.3 Å². The van der Waals surface area contributed by atoms with Crippen molar-refractivity contribution in [2.75, 3.05) is 0 Å². The number of halogens is 2. The minimum atomic E-state index is -0.290. The molecule has 0 spiro atoms. The van der Waals surface area contributed by atoms with E-state index in [4.69, 9.17) is 0 Å². The number of phenols is 2. The maximum Gasteiger partial charge on any atom is 0.124 e. The van der Waals surface area contributed by atoms with E-state index in [-0.39, 0.29) is 39.6 Å². The Hall–Kier alpha value is -3.83. The monoisotopic (exact) mass is 488 g/mol. The van der Waals surface area contributed by atoms with Gasteiger partial charge >= 0.3 is 0 Å². The van der Waals surface area contributed by atoms with Gasteiger partial charge in [0.25, 0.3) is 0 Å². The van der Waals surface area contributed by atoms with Crippen molar-refractivity contribution < 1.29 is 35.5 Å². The Bertz CT molecular complexity index is 1110. The summed E-state index contributed by atoms with van der Waals surface area (Å²) < 4.78 is 25.2. The fourth-order valence-electron chi connectivity index (χ4n) is 2.54. The summed E-state index contributed by atoms with van der Waals surface area (Å²) >= 11 is 0. The van der Waals surface area contributed by atoms with Crippen LogP contribution < -0.4 is 0 Å². The van der Waals surface area contributed by atoms with E-state index in [0.29, 0.717) is 22.5 Å². The zero-order valence-corrected chi connectivity index (χ0v) is 18.2. The molecule has 4 aromatic rings. The van der Waals surface area contributed by atoms with Gasteiger partial charge < -0.3 is 10.2 Å². The van der Waals surface area contributed by atoms with E-state index in [1.807, 2.05) is 12.1 Å². The normalized spacial score (nSPS) is 10.5. The van der Waals surface area contributed by atoms with Crippen LogP contribution in [0.3, 0.4) is 0 Å². The van der Waals surface area contributed by atoms with Gasteiger partial charge in [0.1, 0.15) is 23.1 Å². The number of hydrogen-bond donors (Lipinski definition) is 2. The Morgan fingerprint density at radius 2 is 0.848 bits per heavy atom. The van der Waals surface area contributed by atoms with Gasteiger partial charge in [-0.1, -0.05) is 24.3 Å². The zero-order chi connectivity index (χ0) is 22.8. The average molecular weight is 489 g/mol. The maximum atomic E-state index is 12.6. The molecule has 0 saturated heterocycles. The van der Waals surface area contributed by atoms with Gasteiger partial charge in [0.05, 0.1) is 11.4 Å². The van der Waals surface area contributed by atoms with Crippen molar-refractivity contribution in [1.82, 2.24) is 0 Å². The second-order valence-electron chi connectivity index (χ2n) is 6.59. The van der Waals surface area contributed by atoms with Crippen molar-refractivity contribution in [3.8, 4) is 11.5 Å². The number of nitrogens with zero attached hydrogens (tertiary/aromatic N) is 2. The molecule has 0 aliphatic heterocycles. The van der Waals surface area contributed by atoms with Gasteiger partial charge in [0.15, 0.2) is 0 Å². The van der Waals surface area contributed by atoms with E-state index >= 15 is 0 Å². The van der Waals surface area contributed by atoms with Gasteiger partial charge in [0.2, 0.25) is 0 Å². The molecule has 0 atom stereocenters.